The average Bonchev–Trinajstić information content (AvgIpc) is 2.15. The molecule has 1 saturated carbocycles. The summed E-state index contributed by atoms with van der Waals surface area (Å²) in [5, 5.41) is 0.937. The summed E-state index contributed by atoms with van der Waals surface area (Å²) in [5.41, 5.74) is 3.11. The summed E-state index contributed by atoms with van der Waals surface area (Å²) < 4.78 is 5.07. The molecular formula is C12H19BrO2. The Bertz CT molecular complexity index is 292. The van der Waals surface area contributed by atoms with E-state index < -0.39 is 0 Å². The van der Waals surface area contributed by atoms with E-state index in [-0.39, 0.29) is 11.4 Å². The highest BCUT2D eigenvalue weighted by Crippen LogP contribution is 2.52. The molecule has 0 aromatic carbocycles. The minimum Gasteiger partial charge on any atom is -0.466 e. The van der Waals surface area contributed by atoms with Crippen LogP contribution in [0.2, 0.25) is 0 Å². The second-order valence-corrected chi connectivity index (χ2v) is 5.38. The third kappa shape index (κ3) is 2.63. The Balaban J connectivity index is 2.59. The number of alkyl halides is 1. The molecule has 86 valence electrons. The van der Waals surface area contributed by atoms with Crippen molar-refractivity contribution in [2.75, 3.05) is 11.9 Å². The number of halogens is 1. The highest BCUT2D eigenvalue weighted by atomic mass is 79.9. The molecule has 0 radical (unpaired) electrons. The van der Waals surface area contributed by atoms with E-state index in [1.54, 1.807) is 0 Å². The lowest BCUT2D eigenvalue weighted by molar-refractivity contribution is -0.144. The van der Waals surface area contributed by atoms with Gasteiger partial charge in [0.2, 0.25) is 0 Å². The van der Waals surface area contributed by atoms with Crippen molar-refractivity contribution in [3.05, 3.63) is 11.1 Å². The van der Waals surface area contributed by atoms with Crippen LogP contribution in [0.1, 0.15) is 34.1 Å². The van der Waals surface area contributed by atoms with Crippen molar-refractivity contribution >= 4 is 21.9 Å². The number of hydrogen-bond acceptors (Lipinski definition) is 2. The van der Waals surface area contributed by atoms with Crippen LogP contribution in [0.25, 0.3) is 0 Å². The highest BCUT2D eigenvalue weighted by Gasteiger charge is 2.44. The summed E-state index contributed by atoms with van der Waals surface area (Å²) in [7, 11) is 0. The highest BCUT2D eigenvalue weighted by molar-refractivity contribution is 9.09. The first-order chi connectivity index (χ1) is 6.89. The van der Waals surface area contributed by atoms with Gasteiger partial charge >= 0.3 is 5.97 Å². The summed E-state index contributed by atoms with van der Waals surface area (Å²) in [6.07, 6.45) is 1.07. The third-order valence-electron chi connectivity index (χ3n) is 3.45. The number of ether oxygens (including phenoxy) is 1. The molecule has 0 aliphatic heterocycles. The van der Waals surface area contributed by atoms with Gasteiger partial charge in [0.25, 0.3) is 0 Å². The zero-order valence-corrected chi connectivity index (χ0v) is 11.5. The number of rotatable bonds is 3. The Morgan fingerprint density at radius 3 is 2.53 bits per heavy atom. The molecule has 0 N–H and O–H groups in total. The summed E-state index contributed by atoms with van der Waals surface area (Å²) in [6.45, 7) is 8.64. The van der Waals surface area contributed by atoms with Gasteiger partial charge in [0.1, 0.15) is 0 Å². The topological polar surface area (TPSA) is 26.3 Å². The van der Waals surface area contributed by atoms with Crippen LogP contribution in [0, 0.1) is 11.3 Å². The van der Waals surface area contributed by atoms with Crippen LogP contribution < -0.4 is 0 Å². The fourth-order valence-electron chi connectivity index (χ4n) is 2.17. The number of esters is 1. The second kappa shape index (κ2) is 4.69. The molecule has 2 nitrogen and oxygen atoms in total. The van der Waals surface area contributed by atoms with Gasteiger partial charge in [-0.2, -0.15) is 0 Å². The zero-order valence-electron chi connectivity index (χ0n) is 9.89. The van der Waals surface area contributed by atoms with E-state index in [0.29, 0.717) is 12.5 Å². The molecule has 1 rings (SSSR count). The Morgan fingerprint density at radius 1 is 1.53 bits per heavy atom. The lowest BCUT2D eigenvalue weighted by Crippen LogP contribution is -2.41. The molecular weight excluding hydrogens is 256 g/mol. The van der Waals surface area contributed by atoms with Crippen molar-refractivity contribution in [2.24, 2.45) is 11.3 Å². The minimum atomic E-state index is -0.180. The normalized spacial score (nSPS) is 26.9. The number of allylic oxidation sites excluding steroid dienone is 2. The quantitative estimate of drug-likeness (QED) is 0.449. The van der Waals surface area contributed by atoms with E-state index in [1.807, 2.05) is 0 Å². The van der Waals surface area contributed by atoms with Crippen LogP contribution in [-0.4, -0.2) is 17.9 Å². The standard InChI is InChI=1S/C12H19BrO2/c1-8(6-13)11-5-10(12(11,3)4)7-15-9(2)14/h10H,5-7H2,1-4H3. The summed E-state index contributed by atoms with van der Waals surface area (Å²) >= 11 is 3.48. The maximum atomic E-state index is 10.7. The summed E-state index contributed by atoms with van der Waals surface area (Å²) in [4.78, 5) is 10.7. The van der Waals surface area contributed by atoms with E-state index in [2.05, 4.69) is 36.7 Å². The molecule has 0 bridgehead atoms. The lowest BCUT2D eigenvalue weighted by Gasteiger charge is -2.48. The maximum absolute atomic E-state index is 10.7. The molecule has 3 heteroatoms. The van der Waals surface area contributed by atoms with Crippen molar-refractivity contribution in [3.63, 3.8) is 0 Å². The molecule has 0 aromatic rings. The van der Waals surface area contributed by atoms with Gasteiger partial charge in [-0.1, -0.05) is 40.9 Å². The maximum Gasteiger partial charge on any atom is 0.302 e. The van der Waals surface area contributed by atoms with Crippen LogP contribution in [0.15, 0.2) is 11.1 Å². The molecule has 15 heavy (non-hydrogen) atoms. The zero-order chi connectivity index (χ0) is 11.6. The smallest absolute Gasteiger partial charge is 0.302 e. The van der Waals surface area contributed by atoms with Crippen LogP contribution in [-0.2, 0) is 9.53 Å². The first-order valence-electron chi connectivity index (χ1n) is 5.28. The predicted octanol–water partition coefficient (Wildman–Crippen LogP) is 3.31. The molecule has 0 saturated heterocycles. The van der Waals surface area contributed by atoms with Gasteiger partial charge in [0.05, 0.1) is 6.61 Å². The van der Waals surface area contributed by atoms with Crippen molar-refractivity contribution < 1.29 is 9.53 Å². The van der Waals surface area contributed by atoms with Crippen LogP contribution in [0.3, 0.4) is 0 Å². The third-order valence-corrected chi connectivity index (χ3v) is 4.29. The second-order valence-electron chi connectivity index (χ2n) is 4.82. The number of carbonyl (C=O) groups excluding carboxylic acids is 1. The SMILES string of the molecule is CC(=O)OCC1CC(=C(C)CBr)C1(C)C. The van der Waals surface area contributed by atoms with Gasteiger partial charge in [-0.15, -0.1) is 0 Å². The predicted molar refractivity (Wildman–Crippen MR) is 65.0 cm³/mol. The largest absolute Gasteiger partial charge is 0.466 e. The Labute approximate surface area is 100 Å². The molecule has 0 aromatic heterocycles. The van der Waals surface area contributed by atoms with Crippen molar-refractivity contribution in [1.82, 2.24) is 0 Å². The molecule has 1 aliphatic carbocycles. The molecule has 0 amide bonds. The first kappa shape index (κ1) is 12.8. The van der Waals surface area contributed by atoms with Crippen molar-refractivity contribution in [3.8, 4) is 0 Å². The number of hydrogen-bond donors (Lipinski definition) is 0. The molecule has 0 spiro atoms. The van der Waals surface area contributed by atoms with Crippen LogP contribution in [0.5, 0.6) is 0 Å². The molecule has 1 atom stereocenters. The van der Waals surface area contributed by atoms with E-state index in [0.717, 1.165) is 11.8 Å². The van der Waals surface area contributed by atoms with Crippen molar-refractivity contribution in [1.29, 1.82) is 0 Å². The van der Waals surface area contributed by atoms with E-state index in [9.17, 15) is 4.79 Å². The van der Waals surface area contributed by atoms with Gasteiger partial charge < -0.3 is 4.74 Å². The van der Waals surface area contributed by atoms with Gasteiger partial charge in [-0.3, -0.25) is 4.79 Å². The first-order valence-corrected chi connectivity index (χ1v) is 6.40. The van der Waals surface area contributed by atoms with Crippen molar-refractivity contribution in [2.45, 2.75) is 34.1 Å². The molecule has 1 fully saturated rings. The van der Waals surface area contributed by atoms with Gasteiger partial charge in [-0.05, 0) is 18.8 Å². The minimum absolute atomic E-state index is 0.180. The summed E-state index contributed by atoms with van der Waals surface area (Å²) in [6, 6.07) is 0. The van der Waals surface area contributed by atoms with E-state index >= 15 is 0 Å². The Hall–Kier alpha value is -0.310. The van der Waals surface area contributed by atoms with Crippen LogP contribution >= 0.6 is 15.9 Å². The molecule has 1 aliphatic rings. The van der Waals surface area contributed by atoms with Gasteiger partial charge in [0, 0.05) is 18.2 Å². The molecule has 1 unspecified atom stereocenters. The van der Waals surface area contributed by atoms with E-state index in [1.165, 1.54) is 18.1 Å². The van der Waals surface area contributed by atoms with E-state index in [4.69, 9.17) is 4.74 Å². The van der Waals surface area contributed by atoms with Gasteiger partial charge in [0.15, 0.2) is 0 Å². The fourth-order valence-corrected chi connectivity index (χ4v) is 2.51. The summed E-state index contributed by atoms with van der Waals surface area (Å²) in [5.74, 6) is 0.297. The Kier molecular flexibility index (Phi) is 3.99. The number of carbonyl (C=O) groups is 1. The monoisotopic (exact) mass is 274 g/mol. The molecule has 0 heterocycles. The van der Waals surface area contributed by atoms with Crippen LogP contribution in [0.4, 0.5) is 0 Å². The average molecular weight is 275 g/mol. The fraction of sp³-hybridized carbons (Fsp3) is 0.750. The Morgan fingerprint density at radius 2 is 2.13 bits per heavy atom. The van der Waals surface area contributed by atoms with Gasteiger partial charge in [-0.25, -0.2) is 0 Å². The lowest BCUT2D eigenvalue weighted by atomic mass is 9.58.